The summed E-state index contributed by atoms with van der Waals surface area (Å²) >= 11 is 0. The molecule has 1 spiro atoms. The first-order valence-electron chi connectivity index (χ1n) is 10.7. The number of para-hydroxylation sites is 1. The van der Waals surface area contributed by atoms with Crippen molar-refractivity contribution in [2.24, 2.45) is 11.8 Å². The highest BCUT2D eigenvalue weighted by Crippen LogP contribution is 2.72. The Morgan fingerprint density at radius 3 is 2.86 bits per heavy atom. The van der Waals surface area contributed by atoms with Gasteiger partial charge < -0.3 is 33.8 Å². The van der Waals surface area contributed by atoms with Crippen LogP contribution in [0.4, 0.5) is 5.69 Å². The standard InChI is InChI=1S/C23H28N2O3.HI/c1-24-9-8-22-16-5-3-4-6-17(16)25(2)19(26)11-18-20(21(22)25)15(12-23(22,24)27)14(13-24)7-10-28-18;/h3-7,15,18,20-21,27H,8-13H2,1-2H3;1H/q+2;/p-1. The SMILES string of the molecule is C[N+]12C(=O)CC3OCC=C4C[N+]5(C)CCC6(c7ccccc71)C2C3C4CC65O.[I-]. The number of piperidine rings is 2. The number of ether oxygens (including phenoxy) is 1. The Morgan fingerprint density at radius 1 is 1.24 bits per heavy atom. The summed E-state index contributed by atoms with van der Waals surface area (Å²) in [5.41, 5.74) is 2.65. The van der Waals surface area contributed by atoms with Gasteiger partial charge in [-0.3, -0.25) is 4.48 Å². The molecular formula is C23H28IN2O3+. The second kappa shape index (κ2) is 5.33. The molecule has 8 atom stereocenters. The van der Waals surface area contributed by atoms with Crippen molar-refractivity contribution in [3.63, 3.8) is 0 Å². The molecule has 154 valence electrons. The summed E-state index contributed by atoms with van der Waals surface area (Å²) in [6.07, 6.45) is 4.50. The molecule has 3 saturated heterocycles. The van der Waals surface area contributed by atoms with Crippen LogP contribution in [0.15, 0.2) is 35.9 Å². The van der Waals surface area contributed by atoms with E-state index < -0.39 is 5.72 Å². The molecule has 6 heteroatoms. The van der Waals surface area contributed by atoms with E-state index in [1.807, 2.05) is 0 Å². The number of hydrogen-bond donors (Lipinski definition) is 1. The Kier molecular flexibility index (Phi) is 3.48. The second-order valence-corrected chi connectivity index (χ2v) is 10.5. The van der Waals surface area contributed by atoms with Crippen molar-refractivity contribution in [3.05, 3.63) is 41.5 Å². The topological polar surface area (TPSA) is 46.5 Å². The van der Waals surface area contributed by atoms with Gasteiger partial charge in [-0.2, -0.15) is 0 Å². The van der Waals surface area contributed by atoms with Crippen molar-refractivity contribution in [2.75, 3.05) is 33.8 Å². The van der Waals surface area contributed by atoms with Crippen LogP contribution >= 0.6 is 0 Å². The van der Waals surface area contributed by atoms with Crippen molar-refractivity contribution in [3.8, 4) is 0 Å². The van der Waals surface area contributed by atoms with Gasteiger partial charge in [-0.1, -0.05) is 24.3 Å². The maximum Gasteiger partial charge on any atom is 0.321 e. The number of fused-ring (bicyclic) bond motifs is 2. The molecule has 8 unspecified atom stereocenters. The number of hydrogen-bond acceptors (Lipinski definition) is 3. The van der Waals surface area contributed by atoms with E-state index in [-0.39, 0.29) is 47.4 Å². The lowest BCUT2D eigenvalue weighted by Gasteiger charge is -2.62. The van der Waals surface area contributed by atoms with Gasteiger partial charge in [-0.15, -0.1) is 0 Å². The van der Waals surface area contributed by atoms with Crippen LogP contribution in [-0.4, -0.2) is 67.2 Å². The smallest absolute Gasteiger partial charge is 0.321 e. The first-order valence-corrected chi connectivity index (χ1v) is 10.7. The van der Waals surface area contributed by atoms with E-state index in [9.17, 15) is 9.90 Å². The molecule has 0 radical (unpaired) electrons. The fraction of sp³-hybridized carbons (Fsp3) is 0.609. The van der Waals surface area contributed by atoms with Crippen LogP contribution in [0.3, 0.4) is 0 Å². The maximum atomic E-state index is 13.7. The highest BCUT2D eigenvalue weighted by molar-refractivity contribution is 5.94. The number of nitrogens with zero attached hydrogens (tertiary/aromatic N) is 2. The van der Waals surface area contributed by atoms with Gasteiger partial charge in [0.2, 0.25) is 5.72 Å². The van der Waals surface area contributed by atoms with Gasteiger partial charge in [-0.25, -0.2) is 9.28 Å². The second-order valence-electron chi connectivity index (χ2n) is 10.5. The zero-order chi connectivity index (χ0) is 19.1. The monoisotopic (exact) mass is 507 g/mol. The Hall–Kier alpha value is -0.800. The molecule has 1 aliphatic carbocycles. The van der Waals surface area contributed by atoms with Crippen molar-refractivity contribution < 1.29 is 43.1 Å². The molecule has 1 amide bonds. The van der Waals surface area contributed by atoms with E-state index in [4.69, 9.17) is 4.74 Å². The molecule has 1 saturated carbocycles. The van der Waals surface area contributed by atoms with Gasteiger partial charge in [0.15, 0.2) is 0 Å². The molecule has 5 aliphatic heterocycles. The van der Waals surface area contributed by atoms with E-state index in [1.54, 1.807) is 0 Å². The number of amides is 1. The summed E-state index contributed by atoms with van der Waals surface area (Å²) in [7, 11) is 4.36. The number of carbonyl (C=O) groups is 1. The summed E-state index contributed by atoms with van der Waals surface area (Å²) in [5, 5.41) is 12.5. The minimum absolute atomic E-state index is 0. The van der Waals surface area contributed by atoms with Gasteiger partial charge in [0.1, 0.15) is 23.7 Å². The average Bonchev–Trinajstić information content (AvgIpc) is 3.00. The predicted octanol–water partition coefficient (Wildman–Crippen LogP) is -1.31. The van der Waals surface area contributed by atoms with E-state index in [1.165, 1.54) is 11.1 Å². The summed E-state index contributed by atoms with van der Waals surface area (Å²) in [6, 6.07) is 8.57. The van der Waals surface area contributed by atoms with Crippen LogP contribution in [0.1, 0.15) is 24.8 Å². The molecule has 5 nitrogen and oxygen atoms in total. The number of halogens is 1. The zero-order valence-corrected chi connectivity index (χ0v) is 19.1. The van der Waals surface area contributed by atoms with Crippen LogP contribution in [-0.2, 0) is 14.9 Å². The van der Waals surface area contributed by atoms with Crippen LogP contribution in [0, 0.1) is 11.8 Å². The Morgan fingerprint density at radius 2 is 2.03 bits per heavy atom. The number of aliphatic hydroxyl groups is 1. The Balaban J connectivity index is 0.00000165. The lowest BCUT2D eigenvalue weighted by Crippen LogP contribution is -3.00. The number of carbonyl (C=O) groups excluding carboxylic acids is 1. The van der Waals surface area contributed by atoms with Gasteiger partial charge in [0, 0.05) is 30.2 Å². The highest BCUT2D eigenvalue weighted by Gasteiger charge is 2.86. The third kappa shape index (κ3) is 1.69. The molecule has 1 aromatic carbocycles. The summed E-state index contributed by atoms with van der Waals surface area (Å²) in [6.45, 7) is 2.50. The molecule has 1 aromatic rings. The minimum Gasteiger partial charge on any atom is -1.00 e. The maximum absolute atomic E-state index is 13.7. The van der Waals surface area contributed by atoms with Crippen LogP contribution < -0.4 is 28.5 Å². The number of likely N-dealkylation sites (N-methyl/N-ethyl adjacent to an activating group) is 2. The van der Waals surface area contributed by atoms with Gasteiger partial charge in [0.25, 0.3) is 0 Å². The molecule has 2 bridgehead atoms. The highest BCUT2D eigenvalue weighted by atomic mass is 127. The van der Waals surface area contributed by atoms with Crippen molar-refractivity contribution in [1.82, 2.24) is 4.48 Å². The molecular weight excluding hydrogens is 479 g/mol. The minimum atomic E-state index is -0.811. The lowest BCUT2D eigenvalue weighted by molar-refractivity contribution is -0.976. The van der Waals surface area contributed by atoms with E-state index in [2.05, 4.69) is 44.4 Å². The Labute approximate surface area is 188 Å². The molecule has 0 aromatic heterocycles. The third-order valence-corrected chi connectivity index (χ3v) is 9.87. The quantitative estimate of drug-likeness (QED) is 0.270. The molecule has 5 heterocycles. The van der Waals surface area contributed by atoms with Crippen molar-refractivity contribution in [2.45, 2.75) is 42.5 Å². The van der Waals surface area contributed by atoms with Gasteiger partial charge >= 0.3 is 5.91 Å². The summed E-state index contributed by atoms with van der Waals surface area (Å²) in [5.74, 6) is 0.888. The molecule has 29 heavy (non-hydrogen) atoms. The van der Waals surface area contributed by atoms with Gasteiger partial charge in [-0.05, 0) is 11.6 Å². The number of rotatable bonds is 0. The molecule has 1 N–H and O–H groups in total. The first kappa shape index (κ1) is 18.9. The lowest BCUT2D eigenvalue weighted by atomic mass is 9.51. The van der Waals surface area contributed by atoms with Crippen LogP contribution in [0.2, 0.25) is 0 Å². The van der Waals surface area contributed by atoms with Crippen LogP contribution in [0.25, 0.3) is 0 Å². The van der Waals surface area contributed by atoms with Crippen LogP contribution in [0.5, 0.6) is 0 Å². The summed E-state index contributed by atoms with van der Waals surface area (Å²) in [4.78, 5) is 13.7. The van der Waals surface area contributed by atoms with Crippen molar-refractivity contribution in [1.29, 1.82) is 0 Å². The van der Waals surface area contributed by atoms with E-state index in [0.717, 1.165) is 31.6 Å². The Bertz CT molecular complexity index is 996. The normalized spacial score (nSPS) is 52.9. The third-order valence-electron chi connectivity index (χ3n) is 9.87. The summed E-state index contributed by atoms with van der Waals surface area (Å²) < 4.78 is 7.35. The average molecular weight is 507 g/mol. The molecule has 7 rings (SSSR count). The zero-order valence-electron chi connectivity index (χ0n) is 17.0. The first-order chi connectivity index (χ1) is 13.4. The fourth-order valence-electron chi connectivity index (χ4n) is 8.79. The fourth-order valence-corrected chi connectivity index (χ4v) is 8.79. The van der Waals surface area contributed by atoms with Gasteiger partial charge in [0.05, 0.1) is 39.8 Å². The van der Waals surface area contributed by atoms with Crippen molar-refractivity contribution >= 4 is 11.6 Å². The van der Waals surface area contributed by atoms with E-state index >= 15 is 0 Å². The predicted molar refractivity (Wildman–Crippen MR) is 104 cm³/mol. The number of benzene rings is 1. The molecule has 4 fully saturated rings. The number of quaternary nitrogens is 2. The van der Waals surface area contributed by atoms with E-state index in [0.29, 0.717) is 33.8 Å². The molecule has 6 aliphatic rings. The largest absolute Gasteiger partial charge is 1.00 e.